The van der Waals surface area contributed by atoms with Crippen molar-refractivity contribution in [2.45, 2.75) is 43.7 Å². The predicted molar refractivity (Wildman–Crippen MR) is 88.2 cm³/mol. The van der Waals surface area contributed by atoms with Crippen molar-refractivity contribution in [3.05, 3.63) is 28.5 Å². The van der Waals surface area contributed by atoms with Crippen LogP contribution in [0.1, 0.15) is 25.3 Å². The van der Waals surface area contributed by atoms with E-state index in [-0.39, 0.29) is 34.1 Å². The highest BCUT2D eigenvalue weighted by molar-refractivity contribution is 7.89. The maximum atomic E-state index is 13.4. The number of carboxylic acids is 1. The van der Waals surface area contributed by atoms with Gasteiger partial charge < -0.3 is 5.11 Å². The molecule has 0 heterocycles. The van der Waals surface area contributed by atoms with Crippen LogP contribution in [0.4, 0.5) is 4.39 Å². The molecule has 2 N–H and O–H groups in total. The van der Waals surface area contributed by atoms with Gasteiger partial charge in [0.1, 0.15) is 10.7 Å². The predicted octanol–water partition coefficient (Wildman–Crippen LogP) is 2.00. The average molecular weight is 379 g/mol. The average Bonchev–Trinajstić information content (AvgIpc) is 2.43. The molecule has 0 aromatic heterocycles. The lowest BCUT2D eigenvalue weighted by molar-refractivity contribution is -0.139. The van der Waals surface area contributed by atoms with Crippen LogP contribution in [-0.2, 0) is 14.8 Å². The number of rotatable bonds is 7. The summed E-state index contributed by atoms with van der Waals surface area (Å²) in [5.41, 5.74) is 0.199. The molecule has 1 aliphatic rings. The molecule has 0 unspecified atom stereocenters. The number of aryl methyl sites for hydroxylation is 1. The van der Waals surface area contributed by atoms with Crippen molar-refractivity contribution in [2.75, 3.05) is 13.1 Å². The Labute approximate surface area is 145 Å². The number of sulfonamides is 1. The molecule has 0 amide bonds. The number of nitrogens with zero attached hydrogens (tertiary/aromatic N) is 1. The summed E-state index contributed by atoms with van der Waals surface area (Å²) in [6.07, 6.45) is 1.05. The smallest absolute Gasteiger partial charge is 0.317 e. The lowest BCUT2D eigenvalue weighted by Gasteiger charge is -2.42. The zero-order chi connectivity index (χ0) is 18.1. The van der Waals surface area contributed by atoms with E-state index in [1.54, 1.807) is 4.90 Å². The summed E-state index contributed by atoms with van der Waals surface area (Å²) >= 11 is 5.86. The molecule has 6 nitrogen and oxygen atoms in total. The highest BCUT2D eigenvalue weighted by atomic mass is 35.5. The Kier molecular flexibility index (Phi) is 5.85. The minimum absolute atomic E-state index is 0.0317. The van der Waals surface area contributed by atoms with Crippen LogP contribution in [0.5, 0.6) is 0 Å². The summed E-state index contributed by atoms with van der Waals surface area (Å²) in [6.45, 7) is 3.85. The Morgan fingerprint density at radius 2 is 2.08 bits per heavy atom. The van der Waals surface area contributed by atoms with Gasteiger partial charge in [-0.15, -0.1) is 0 Å². The molecule has 0 spiro atoms. The lowest BCUT2D eigenvalue weighted by Crippen LogP contribution is -2.54. The molecule has 9 heteroatoms. The molecule has 1 aliphatic carbocycles. The molecule has 0 atom stereocenters. The Bertz CT molecular complexity index is 735. The summed E-state index contributed by atoms with van der Waals surface area (Å²) in [7, 11) is -3.85. The molecule has 0 aliphatic heterocycles. The van der Waals surface area contributed by atoms with Crippen LogP contribution in [0.3, 0.4) is 0 Å². The van der Waals surface area contributed by atoms with Crippen molar-refractivity contribution in [1.82, 2.24) is 9.62 Å². The number of benzene rings is 1. The second-order valence-corrected chi connectivity index (χ2v) is 8.02. The first-order valence-corrected chi connectivity index (χ1v) is 9.44. The Hall–Kier alpha value is -1.22. The number of carboxylic acid groups (broad SMARTS) is 1. The van der Waals surface area contributed by atoms with E-state index in [2.05, 4.69) is 4.72 Å². The maximum absolute atomic E-state index is 13.4. The molecule has 0 bridgehead atoms. The Morgan fingerprint density at radius 3 is 2.62 bits per heavy atom. The first-order valence-electron chi connectivity index (χ1n) is 7.57. The van der Waals surface area contributed by atoms with Crippen molar-refractivity contribution in [1.29, 1.82) is 0 Å². The Morgan fingerprint density at radius 1 is 1.46 bits per heavy atom. The second kappa shape index (κ2) is 7.35. The van der Waals surface area contributed by atoms with Crippen molar-refractivity contribution < 1.29 is 22.7 Å². The highest BCUT2D eigenvalue weighted by Crippen LogP contribution is 2.29. The number of aliphatic carboxylic acids is 1. The van der Waals surface area contributed by atoms with Crippen molar-refractivity contribution in [2.24, 2.45) is 0 Å². The van der Waals surface area contributed by atoms with E-state index in [9.17, 15) is 17.6 Å². The molecule has 1 fully saturated rings. The summed E-state index contributed by atoms with van der Waals surface area (Å²) in [5, 5.41) is 8.70. The minimum Gasteiger partial charge on any atom is -0.480 e. The Balaban J connectivity index is 2.03. The summed E-state index contributed by atoms with van der Waals surface area (Å²) in [6, 6.07) is 1.94. The summed E-state index contributed by atoms with van der Waals surface area (Å²) in [4.78, 5) is 12.5. The molecule has 134 valence electrons. The van der Waals surface area contributed by atoms with Crippen LogP contribution in [0, 0.1) is 12.7 Å². The largest absolute Gasteiger partial charge is 0.480 e. The number of carbonyl (C=O) groups is 1. The SMILES string of the molecule is CCN(CC(=O)O)C1CC(NS(=O)(=O)c2cc(C)c(F)cc2Cl)C1. The number of halogens is 2. The number of likely N-dealkylation sites (N-methyl/N-ethyl adjacent to an activating group) is 1. The van der Waals surface area contributed by atoms with Gasteiger partial charge >= 0.3 is 5.97 Å². The van der Waals surface area contributed by atoms with Gasteiger partial charge in [0.2, 0.25) is 10.0 Å². The van der Waals surface area contributed by atoms with Gasteiger partial charge in [-0.3, -0.25) is 9.69 Å². The summed E-state index contributed by atoms with van der Waals surface area (Å²) in [5.74, 6) is -1.47. The molecule has 2 rings (SSSR count). The first-order chi connectivity index (χ1) is 11.1. The highest BCUT2D eigenvalue weighted by Gasteiger charge is 2.36. The van der Waals surface area contributed by atoms with Gasteiger partial charge in [-0.2, -0.15) is 0 Å². The topological polar surface area (TPSA) is 86.7 Å². The van der Waals surface area contributed by atoms with Gasteiger partial charge in [0.25, 0.3) is 0 Å². The molecular formula is C15H20ClFN2O4S. The van der Waals surface area contributed by atoms with Gasteiger partial charge in [-0.05, 0) is 44.0 Å². The van der Waals surface area contributed by atoms with Crippen LogP contribution in [0.2, 0.25) is 5.02 Å². The summed E-state index contributed by atoms with van der Waals surface area (Å²) < 4.78 is 40.8. The van der Waals surface area contributed by atoms with Gasteiger partial charge in [-0.1, -0.05) is 18.5 Å². The normalized spacial score (nSPS) is 20.9. The van der Waals surface area contributed by atoms with Crippen molar-refractivity contribution >= 4 is 27.6 Å². The molecule has 1 aromatic rings. The number of hydrogen-bond acceptors (Lipinski definition) is 4. The molecule has 0 saturated heterocycles. The van der Waals surface area contributed by atoms with Gasteiger partial charge in [0.15, 0.2) is 0 Å². The van der Waals surface area contributed by atoms with Gasteiger partial charge in [0, 0.05) is 12.1 Å². The fourth-order valence-corrected chi connectivity index (χ4v) is 4.64. The van der Waals surface area contributed by atoms with E-state index >= 15 is 0 Å². The second-order valence-electron chi connectivity index (χ2n) is 5.93. The molecule has 1 aromatic carbocycles. The number of nitrogens with one attached hydrogen (secondary N) is 1. The third-order valence-corrected chi connectivity index (χ3v) is 6.18. The van der Waals surface area contributed by atoms with Gasteiger partial charge in [0.05, 0.1) is 11.6 Å². The van der Waals surface area contributed by atoms with E-state index < -0.39 is 21.8 Å². The van der Waals surface area contributed by atoms with Crippen LogP contribution >= 0.6 is 11.6 Å². The fourth-order valence-electron chi connectivity index (χ4n) is 2.77. The van der Waals surface area contributed by atoms with E-state index in [0.29, 0.717) is 19.4 Å². The fraction of sp³-hybridized carbons (Fsp3) is 0.533. The van der Waals surface area contributed by atoms with E-state index in [0.717, 1.165) is 6.07 Å². The number of hydrogen-bond donors (Lipinski definition) is 2. The third-order valence-electron chi connectivity index (χ3n) is 4.20. The first kappa shape index (κ1) is 19.1. The monoisotopic (exact) mass is 378 g/mol. The molecule has 24 heavy (non-hydrogen) atoms. The van der Waals surface area contributed by atoms with Crippen LogP contribution in [0.25, 0.3) is 0 Å². The van der Waals surface area contributed by atoms with Crippen molar-refractivity contribution in [3.8, 4) is 0 Å². The third kappa shape index (κ3) is 4.24. The zero-order valence-electron chi connectivity index (χ0n) is 13.4. The van der Waals surface area contributed by atoms with E-state index in [1.807, 2.05) is 6.92 Å². The lowest BCUT2D eigenvalue weighted by atomic mass is 9.86. The molecule has 0 radical (unpaired) electrons. The van der Waals surface area contributed by atoms with Crippen molar-refractivity contribution in [3.63, 3.8) is 0 Å². The maximum Gasteiger partial charge on any atom is 0.317 e. The molecule has 1 saturated carbocycles. The van der Waals surface area contributed by atoms with Gasteiger partial charge in [-0.25, -0.2) is 17.5 Å². The van der Waals surface area contributed by atoms with Crippen LogP contribution < -0.4 is 4.72 Å². The minimum atomic E-state index is -3.85. The van der Waals surface area contributed by atoms with E-state index in [4.69, 9.17) is 16.7 Å². The van der Waals surface area contributed by atoms with Crippen LogP contribution in [-0.4, -0.2) is 49.6 Å². The standard InChI is InChI=1S/C15H20ClFN2O4S/c1-3-19(8-15(20)21)11-5-10(6-11)18-24(22,23)14-4-9(2)13(17)7-12(14)16/h4,7,10-11,18H,3,5-6,8H2,1-2H3,(H,20,21). The molecular weight excluding hydrogens is 359 g/mol. The van der Waals surface area contributed by atoms with E-state index in [1.165, 1.54) is 13.0 Å². The zero-order valence-corrected chi connectivity index (χ0v) is 15.0. The quantitative estimate of drug-likeness (QED) is 0.757. The van der Waals surface area contributed by atoms with Crippen LogP contribution in [0.15, 0.2) is 17.0 Å².